The number of nitrogens with one attached hydrogen (secondary N) is 1. The summed E-state index contributed by atoms with van der Waals surface area (Å²) in [6, 6.07) is 11.5. The molecule has 0 unspecified atom stereocenters. The maximum absolute atomic E-state index is 4.72. The first-order valence-corrected chi connectivity index (χ1v) is 12.8. The molecule has 1 aromatic heterocycles. The number of pyridine rings is 1. The van der Waals surface area contributed by atoms with Crippen LogP contribution in [-0.4, -0.2) is 11.5 Å². The fraction of sp³-hybridized carbons (Fsp3) is 0.552. The van der Waals surface area contributed by atoms with Crippen LogP contribution in [0.25, 0.3) is 5.57 Å². The highest BCUT2D eigenvalue weighted by Gasteiger charge is 2.14. The molecule has 2 aliphatic rings. The molecular weight excluding hydrogens is 376 g/mol. The van der Waals surface area contributed by atoms with E-state index in [2.05, 4.69) is 48.6 Å². The Morgan fingerprint density at radius 1 is 0.871 bits per heavy atom. The topological polar surface area (TPSA) is 24.9 Å². The molecule has 166 valence electrons. The quantitative estimate of drug-likeness (QED) is 0.422. The summed E-state index contributed by atoms with van der Waals surface area (Å²) in [7, 11) is 0. The Hall–Kier alpha value is -2.09. The van der Waals surface area contributed by atoms with Gasteiger partial charge >= 0.3 is 0 Å². The summed E-state index contributed by atoms with van der Waals surface area (Å²) >= 11 is 0. The van der Waals surface area contributed by atoms with E-state index < -0.39 is 0 Å². The summed E-state index contributed by atoms with van der Waals surface area (Å²) in [6.45, 7) is 3.24. The van der Waals surface area contributed by atoms with E-state index in [1.165, 1.54) is 91.4 Å². The molecule has 0 saturated heterocycles. The Balaban J connectivity index is 1.21. The average Bonchev–Trinajstić information content (AvgIpc) is 3.00. The normalized spacial score (nSPS) is 16.9. The van der Waals surface area contributed by atoms with Gasteiger partial charge in [-0.25, -0.2) is 0 Å². The van der Waals surface area contributed by atoms with Crippen LogP contribution in [0.5, 0.6) is 0 Å². The molecule has 2 aromatic rings. The third-order valence-electron chi connectivity index (χ3n) is 7.29. The van der Waals surface area contributed by atoms with Gasteiger partial charge in [0.05, 0.1) is 0 Å². The smallest absolute Gasteiger partial charge is 0.0499 e. The van der Waals surface area contributed by atoms with Crippen LogP contribution >= 0.6 is 0 Å². The molecule has 1 N–H and O–H groups in total. The number of aryl methyl sites for hydroxylation is 3. The predicted octanol–water partition coefficient (Wildman–Crippen LogP) is 7.77. The summed E-state index contributed by atoms with van der Waals surface area (Å²) < 4.78 is 0. The zero-order valence-corrected chi connectivity index (χ0v) is 19.5. The number of unbranched alkanes of at least 4 members (excludes halogenated alkanes) is 1. The van der Waals surface area contributed by atoms with Gasteiger partial charge < -0.3 is 5.32 Å². The van der Waals surface area contributed by atoms with E-state index in [1.54, 1.807) is 0 Å². The minimum atomic E-state index is 1.01. The van der Waals surface area contributed by atoms with Crippen LogP contribution < -0.4 is 5.32 Å². The summed E-state index contributed by atoms with van der Waals surface area (Å²) in [5, 5.41) is 3.56. The Morgan fingerprint density at radius 3 is 2.39 bits per heavy atom. The lowest BCUT2D eigenvalue weighted by Crippen LogP contribution is -2.05. The fourth-order valence-electron chi connectivity index (χ4n) is 5.45. The molecule has 0 spiro atoms. The maximum Gasteiger partial charge on any atom is 0.0499 e. The average molecular weight is 417 g/mol. The van der Waals surface area contributed by atoms with Gasteiger partial charge in [0.25, 0.3) is 0 Å². The van der Waals surface area contributed by atoms with E-state index in [0.29, 0.717) is 0 Å². The standard InChI is InChI=1S/C29H40N2/c1-23-9-8-21-30-28-20-22-31-27(29(23)28)15-7-14-26-18-16-25(17-19-26)13-6-5-12-24-10-3-2-4-11-24/h9,16-20,22,24,30H,2-8,10-15,21H2,1H3. The van der Waals surface area contributed by atoms with Gasteiger partial charge in [-0.3, -0.25) is 4.98 Å². The van der Waals surface area contributed by atoms with Gasteiger partial charge in [0.2, 0.25) is 0 Å². The summed E-state index contributed by atoms with van der Waals surface area (Å²) in [5.74, 6) is 1.03. The highest BCUT2D eigenvalue weighted by Crippen LogP contribution is 2.30. The molecule has 2 heterocycles. The van der Waals surface area contributed by atoms with E-state index in [0.717, 1.165) is 38.1 Å². The number of anilines is 1. The van der Waals surface area contributed by atoms with Crippen LogP contribution in [0.15, 0.2) is 42.6 Å². The Kier molecular flexibility index (Phi) is 8.21. The third-order valence-corrected chi connectivity index (χ3v) is 7.29. The first kappa shape index (κ1) is 22.1. The number of fused-ring (bicyclic) bond motifs is 1. The number of hydrogen-bond donors (Lipinski definition) is 1. The van der Waals surface area contributed by atoms with Gasteiger partial charge in [0, 0.05) is 29.7 Å². The molecule has 1 aliphatic carbocycles. The van der Waals surface area contributed by atoms with Crippen molar-refractivity contribution in [3.05, 3.63) is 65.0 Å². The summed E-state index contributed by atoms with van der Waals surface area (Å²) in [5.41, 5.74) is 8.17. The fourth-order valence-corrected chi connectivity index (χ4v) is 5.45. The van der Waals surface area contributed by atoms with Crippen LogP contribution in [0.4, 0.5) is 5.69 Å². The first-order valence-electron chi connectivity index (χ1n) is 12.8. The lowest BCUT2D eigenvalue weighted by Gasteiger charge is -2.21. The second kappa shape index (κ2) is 11.5. The van der Waals surface area contributed by atoms with E-state index in [4.69, 9.17) is 4.98 Å². The van der Waals surface area contributed by atoms with Crippen molar-refractivity contribution in [3.8, 4) is 0 Å². The SMILES string of the molecule is CC1=CCCNc2ccnc(CCCc3ccc(CCCCC4CCCCC4)cc3)c21. The Bertz CT molecular complexity index is 844. The van der Waals surface area contributed by atoms with Crippen LogP contribution in [0.3, 0.4) is 0 Å². The van der Waals surface area contributed by atoms with Gasteiger partial charge in [-0.15, -0.1) is 0 Å². The Labute approximate surface area is 189 Å². The number of allylic oxidation sites excluding steroid dienone is 1. The number of aromatic nitrogens is 1. The zero-order chi connectivity index (χ0) is 21.3. The van der Waals surface area contributed by atoms with Crippen molar-refractivity contribution in [1.29, 1.82) is 0 Å². The van der Waals surface area contributed by atoms with Crippen LogP contribution in [-0.2, 0) is 19.3 Å². The molecule has 2 nitrogen and oxygen atoms in total. The second-order valence-corrected chi connectivity index (χ2v) is 9.70. The molecule has 0 amide bonds. The first-order chi connectivity index (χ1) is 15.3. The summed E-state index contributed by atoms with van der Waals surface area (Å²) in [4.78, 5) is 4.72. The van der Waals surface area contributed by atoms with E-state index in [1.807, 2.05) is 6.20 Å². The highest BCUT2D eigenvalue weighted by molar-refractivity contribution is 5.77. The van der Waals surface area contributed by atoms with E-state index >= 15 is 0 Å². The van der Waals surface area contributed by atoms with Crippen molar-refractivity contribution in [2.24, 2.45) is 5.92 Å². The van der Waals surface area contributed by atoms with Gasteiger partial charge in [-0.1, -0.05) is 75.3 Å². The van der Waals surface area contributed by atoms with E-state index in [-0.39, 0.29) is 0 Å². The molecule has 31 heavy (non-hydrogen) atoms. The van der Waals surface area contributed by atoms with E-state index in [9.17, 15) is 0 Å². The Morgan fingerprint density at radius 2 is 1.61 bits per heavy atom. The molecule has 1 aliphatic heterocycles. The molecule has 1 fully saturated rings. The third kappa shape index (κ3) is 6.45. The van der Waals surface area contributed by atoms with Crippen molar-refractivity contribution >= 4 is 11.3 Å². The van der Waals surface area contributed by atoms with Crippen LogP contribution in [0, 0.1) is 5.92 Å². The zero-order valence-electron chi connectivity index (χ0n) is 19.5. The number of hydrogen-bond acceptors (Lipinski definition) is 2. The molecule has 1 saturated carbocycles. The lowest BCUT2D eigenvalue weighted by molar-refractivity contribution is 0.330. The van der Waals surface area contributed by atoms with Crippen molar-refractivity contribution in [2.45, 2.75) is 90.4 Å². The monoisotopic (exact) mass is 416 g/mol. The summed E-state index contributed by atoms with van der Waals surface area (Å²) in [6.07, 6.45) is 21.6. The van der Waals surface area contributed by atoms with Gasteiger partial charge in [0.15, 0.2) is 0 Å². The number of rotatable bonds is 9. The molecule has 2 heteroatoms. The predicted molar refractivity (Wildman–Crippen MR) is 134 cm³/mol. The van der Waals surface area contributed by atoms with Gasteiger partial charge in [0.1, 0.15) is 0 Å². The van der Waals surface area contributed by atoms with Crippen molar-refractivity contribution in [3.63, 3.8) is 0 Å². The minimum Gasteiger partial charge on any atom is -0.384 e. The molecular formula is C29H40N2. The van der Waals surface area contributed by atoms with Crippen molar-refractivity contribution in [2.75, 3.05) is 11.9 Å². The number of benzene rings is 1. The van der Waals surface area contributed by atoms with Crippen LogP contribution in [0.2, 0.25) is 0 Å². The molecule has 1 aromatic carbocycles. The molecule has 0 atom stereocenters. The largest absolute Gasteiger partial charge is 0.384 e. The molecule has 4 rings (SSSR count). The lowest BCUT2D eigenvalue weighted by atomic mass is 9.85. The van der Waals surface area contributed by atoms with Gasteiger partial charge in [-0.2, -0.15) is 0 Å². The van der Waals surface area contributed by atoms with Crippen molar-refractivity contribution in [1.82, 2.24) is 4.98 Å². The highest BCUT2D eigenvalue weighted by atomic mass is 14.9. The second-order valence-electron chi connectivity index (χ2n) is 9.70. The van der Waals surface area contributed by atoms with Crippen molar-refractivity contribution < 1.29 is 0 Å². The number of nitrogens with zero attached hydrogens (tertiary/aromatic N) is 1. The molecule has 0 bridgehead atoms. The van der Waals surface area contributed by atoms with Crippen LogP contribution in [0.1, 0.15) is 93.5 Å². The maximum atomic E-state index is 4.72. The minimum absolute atomic E-state index is 1.01. The van der Waals surface area contributed by atoms with Gasteiger partial charge in [-0.05, 0) is 74.1 Å². The molecule has 0 radical (unpaired) electrons.